The molecule has 0 unspecified atom stereocenters. The Morgan fingerprint density at radius 3 is 2.32 bits per heavy atom. The van der Waals surface area contributed by atoms with Gasteiger partial charge in [-0.05, 0) is 35.9 Å². The highest BCUT2D eigenvalue weighted by atomic mass is 35.5. The van der Waals surface area contributed by atoms with Crippen LogP contribution in [0.4, 0.5) is 5.13 Å². The molecule has 37 heavy (non-hydrogen) atoms. The highest BCUT2D eigenvalue weighted by Crippen LogP contribution is 2.31. The molecule has 0 radical (unpaired) electrons. The number of anilines is 1. The van der Waals surface area contributed by atoms with Crippen LogP contribution in [0.15, 0.2) is 52.3 Å². The van der Waals surface area contributed by atoms with E-state index in [-0.39, 0.29) is 40.3 Å². The van der Waals surface area contributed by atoms with Crippen LogP contribution in [0, 0.1) is 0 Å². The monoisotopic (exact) mass is 587 g/mol. The zero-order valence-corrected chi connectivity index (χ0v) is 23.9. The van der Waals surface area contributed by atoms with E-state index in [2.05, 4.69) is 9.88 Å². The number of sulfone groups is 2. The Morgan fingerprint density at radius 2 is 1.70 bits per heavy atom. The van der Waals surface area contributed by atoms with Gasteiger partial charge >= 0.3 is 0 Å². The van der Waals surface area contributed by atoms with Gasteiger partial charge in [-0.3, -0.25) is 14.6 Å². The van der Waals surface area contributed by atoms with Crippen molar-refractivity contribution in [1.29, 1.82) is 0 Å². The maximum absolute atomic E-state index is 13.5. The summed E-state index contributed by atoms with van der Waals surface area (Å²) in [6.07, 6.45) is 1.24. The minimum absolute atomic E-state index is 0. The van der Waals surface area contributed by atoms with Crippen LogP contribution in [-0.4, -0.2) is 84.0 Å². The van der Waals surface area contributed by atoms with E-state index in [1.165, 1.54) is 29.5 Å². The summed E-state index contributed by atoms with van der Waals surface area (Å²) < 4.78 is 54.3. The van der Waals surface area contributed by atoms with Crippen molar-refractivity contribution in [2.24, 2.45) is 0 Å². The zero-order valence-electron chi connectivity index (χ0n) is 20.6. The van der Waals surface area contributed by atoms with Crippen molar-refractivity contribution in [3.63, 3.8) is 0 Å². The predicted molar refractivity (Wildman–Crippen MR) is 147 cm³/mol. The number of amides is 1. The van der Waals surface area contributed by atoms with Gasteiger partial charge < -0.3 is 4.74 Å². The van der Waals surface area contributed by atoms with Gasteiger partial charge in [0, 0.05) is 32.4 Å². The molecule has 2 aromatic carbocycles. The Kier molecular flexibility index (Phi) is 9.70. The molecule has 1 saturated heterocycles. The average molecular weight is 588 g/mol. The van der Waals surface area contributed by atoms with Gasteiger partial charge in [-0.15, -0.1) is 12.4 Å². The first-order valence-corrected chi connectivity index (χ1v) is 16.0. The van der Waals surface area contributed by atoms with Crippen LogP contribution in [-0.2, 0) is 35.6 Å². The molecule has 1 aliphatic rings. The van der Waals surface area contributed by atoms with Crippen molar-refractivity contribution < 1.29 is 26.4 Å². The third kappa shape index (κ3) is 7.27. The Hall–Kier alpha value is -2.09. The van der Waals surface area contributed by atoms with Crippen molar-refractivity contribution in [3.05, 3.63) is 48.0 Å². The molecule has 1 amide bonds. The lowest BCUT2D eigenvalue weighted by molar-refractivity contribution is -0.118. The van der Waals surface area contributed by atoms with Crippen LogP contribution in [0.3, 0.4) is 0 Å². The second-order valence-electron chi connectivity index (χ2n) is 8.62. The minimum atomic E-state index is -3.37. The first-order valence-electron chi connectivity index (χ1n) is 11.6. The van der Waals surface area contributed by atoms with E-state index in [9.17, 15) is 21.6 Å². The zero-order chi connectivity index (χ0) is 25.9. The second kappa shape index (κ2) is 12.2. The molecule has 0 spiro atoms. The van der Waals surface area contributed by atoms with E-state index in [0.29, 0.717) is 47.2 Å². The topological polar surface area (TPSA) is 114 Å². The third-order valence-corrected chi connectivity index (χ3v) is 9.97. The summed E-state index contributed by atoms with van der Waals surface area (Å²) in [5.41, 5.74) is 1.33. The summed E-state index contributed by atoms with van der Waals surface area (Å²) in [5, 5.41) is 0.499. The van der Waals surface area contributed by atoms with Gasteiger partial charge in [0.1, 0.15) is 0 Å². The number of morpholine rings is 1. The molecule has 2 heterocycles. The molecule has 1 aromatic heterocycles. The number of hydrogen-bond acceptors (Lipinski definition) is 9. The van der Waals surface area contributed by atoms with Crippen LogP contribution in [0.2, 0.25) is 0 Å². The Balaban J connectivity index is 0.00000380. The molecule has 0 bridgehead atoms. The van der Waals surface area contributed by atoms with Crippen LogP contribution >= 0.6 is 23.7 Å². The van der Waals surface area contributed by atoms with Gasteiger partial charge in [0.15, 0.2) is 24.8 Å². The van der Waals surface area contributed by atoms with E-state index in [4.69, 9.17) is 4.74 Å². The maximum Gasteiger partial charge on any atom is 0.233 e. The number of rotatable bonds is 9. The van der Waals surface area contributed by atoms with Gasteiger partial charge in [-0.25, -0.2) is 21.8 Å². The number of nitrogens with zero attached hydrogens (tertiary/aromatic N) is 3. The summed E-state index contributed by atoms with van der Waals surface area (Å²) in [7, 11) is -6.68. The fourth-order valence-corrected chi connectivity index (χ4v) is 6.54. The molecule has 0 aliphatic carbocycles. The number of halogens is 1. The average Bonchev–Trinajstić information content (AvgIpc) is 3.27. The largest absolute Gasteiger partial charge is 0.379 e. The lowest BCUT2D eigenvalue weighted by Gasteiger charge is -2.29. The van der Waals surface area contributed by atoms with Gasteiger partial charge in [-0.1, -0.05) is 30.4 Å². The molecule has 0 saturated carbocycles. The lowest BCUT2D eigenvalue weighted by atomic mass is 10.1. The summed E-state index contributed by atoms with van der Waals surface area (Å²) in [4.78, 5) is 22.4. The number of carbonyl (C=O) groups excluding carboxylic acids is 1. The fraction of sp³-hybridized carbons (Fsp3) is 0.417. The van der Waals surface area contributed by atoms with Gasteiger partial charge in [0.05, 0.1) is 45.4 Å². The van der Waals surface area contributed by atoms with E-state index in [0.717, 1.165) is 19.3 Å². The number of aromatic nitrogens is 1. The van der Waals surface area contributed by atoms with Gasteiger partial charge in [0.25, 0.3) is 0 Å². The highest BCUT2D eigenvalue weighted by molar-refractivity contribution is 7.91. The third-order valence-electron chi connectivity index (χ3n) is 6.07. The van der Waals surface area contributed by atoms with E-state index >= 15 is 0 Å². The molecule has 0 N–H and O–H groups in total. The molecule has 3 aromatic rings. The quantitative estimate of drug-likeness (QED) is 0.375. The Bertz CT molecular complexity index is 1450. The van der Waals surface area contributed by atoms with E-state index in [1.54, 1.807) is 36.1 Å². The SMILES string of the molecule is CCS(=O)(=O)c1ccc(CC(=O)N(CCN2CCOCC2)c2nc3ccc(S(C)(=O)=O)cc3s2)cc1.Cl. The number of ether oxygens (including phenoxy) is 1. The van der Waals surface area contributed by atoms with Crippen molar-refractivity contribution >= 4 is 64.7 Å². The van der Waals surface area contributed by atoms with Crippen LogP contribution in [0.5, 0.6) is 0 Å². The molecular formula is C24H30ClN3O6S3. The van der Waals surface area contributed by atoms with Crippen molar-refractivity contribution in [1.82, 2.24) is 9.88 Å². The Morgan fingerprint density at radius 1 is 1.05 bits per heavy atom. The number of carbonyl (C=O) groups is 1. The first kappa shape index (κ1) is 29.5. The van der Waals surface area contributed by atoms with Crippen LogP contribution in [0.25, 0.3) is 10.2 Å². The number of hydrogen-bond donors (Lipinski definition) is 0. The predicted octanol–water partition coefficient (Wildman–Crippen LogP) is 2.82. The van der Waals surface area contributed by atoms with E-state index < -0.39 is 19.7 Å². The molecule has 13 heteroatoms. The Labute approximate surface area is 227 Å². The van der Waals surface area contributed by atoms with Gasteiger partial charge in [0.2, 0.25) is 5.91 Å². The first-order chi connectivity index (χ1) is 17.1. The van der Waals surface area contributed by atoms with Crippen molar-refractivity contribution in [2.45, 2.75) is 23.1 Å². The number of thiazole rings is 1. The smallest absolute Gasteiger partial charge is 0.233 e. The fourth-order valence-electron chi connectivity index (χ4n) is 3.88. The highest BCUT2D eigenvalue weighted by Gasteiger charge is 2.23. The molecular weight excluding hydrogens is 558 g/mol. The van der Waals surface area contributed by atoms with Gasteiger partial charge in [-0.2, -0.15) is 0 Å². The summed E-state index contributed by atoms with van der Waals surface area (Å²) >= 11 is 1.28. The lowest BCUT2D eigenvalue weighted by Crippen LogP contribution is -2.43. The molecule has 4 rings (SSSR count). The molecule has 202 valence electrons. The van der Waals surface area contributed by atoms with Crippen LogP contribution < -0.4 is 4.90 Å². The summed E-state index contributed by atoms with van der Waals surface area (Å²) in [6, 6.07) is 11.2. The van der Waals surface area contributed by atoms with Crippen LogP contribution in [0.1, 0.15) is 12.5 Å². The molecule has 1 fully saturated rings. The second-order valence-corrected chi connectivity index (χ2v) is 13.9. The number of fused-ring (bicyclic) bond motifs is 1. The standard InChI is InChI=1S/C24H29N3O6S3.ClH/c1-3-36(31,32)19-6-4-18(5-7-19)16-23(28)27(11-10-26-12-14-33-15-13-26)24-25-21-9-8-20(35(2,29)30)17-22(21)34-24;/h4-9,17H,3,10-16H2,1-2H3;1H. The molecule has 0 atom stereocenters. The summed E-state index contributed by atoms with van der Waals surface area (Å²) in [6.45, 7) is 5.52. The number of benzene rings is 2. The normalized spacial score (nSPS) is 14.9. The maximum atomic E-state index is 13.5. The summed E-state index contributed by atoms with van der Waals surface area (Å²) in [5.74, 6) is -0.157. The van der Waals surface area contributed by atoms with E-state index in [1.807, 2.05) is 0 Å². The molecule has 9 nitrogen and oxygen atoms in total. The molecule has 1 aliphatic heterocycles. The minimum Gasteiger partial charge on any atom is -0.379 e. The van der Waals surface area contributed by atoms with Crippen molar-refractivity contribution in [2.75, 3.05) is 56.3 Å². The van der Waals surface area contributed by atoms with Crippen molar-refractivity contribution in [3.8, 4) is 0 Å².